The van der Waals surface area contributed by atoms with E-state index in [1.165, 1.54) is 23.5 Å². The molecule has 9 nitrogen and oxygen atoms in total. The molecule has 1 aliphatic heterocycles. The van der Waals surface area contributed by atoms with Crippen LogP contribution in [0, 0.1) is 0 Å². The summed E-state index contributed by atoms with van der Waals surface area (Å²) in [6.07, 6.45) is -1.01. The fourth-order valence-corrected chi connectivity index (χ4v) is 4.66. The van der Waals surface area contributed by atoms with Crippen LogP contribution in [-0.4, -0.2) is 57.0 Å². The molecule has 1 aromatic carbocycles. The smallest absolute Gasteiger partial charge is 0.368 e. The Kier molecular flexibility index (Phi) is 5.84. The minimum absolute atomic E-state index is 0.136. The molecule has 180 valence electrons. The molecule has 1 saturated heterocycles. The Bertz CT molecular complexity index is 1350. The van der Waals surface area contributed by atoms with Gasteiger partial charge in [0.25, 0.3) is 0 Å². The second-order valence-corrected chi connectivity index (χ2v) is 8.78. The van der Waals surface area contributed by atoms with Crippen LogP contribution in [-0.2, 0) is 6.18 Å². The minimum Gasteiger partial charge on any atom is -0.368 e. The van der Waals surface area contributed by atoms with Gasteiger partial charge in [-0.1, -0.05) is 11.3 Å². The number of urea groups is 1. The van der Waals surface area contributed by atoms with Crippen LogP contribution >= 0.6 is 11.3 Å². The number of aromatic nitrogens is 4. The topological polar surface area (TPSA) is 113 Å². The van der Waals surface area contributed by atoms with Gasteiger partial charge in [-0.2, -0.15) is 18.2 Å². The summed E-state index contributed by atoms with van der Waals surface area (Å²) in [6, 6.07) is 7.70. The van der Waals surface area contributed by atoms with Crippen LogP contribution in [0.4, 0.5) is 35.4 Å². The number of nitrogen functional groups attached to an aromatic ring is 1. The van der Waals surface area contributed by atoms with E-state index in [1.807, 2.05) is 17.0 Å². The maximum Gasteiger partial charge on any atom is 0.416 e. The van der Waals surface area contributed by atoms with Crippen molar-refractivity contribution in [3.8, 4) is 10.6 Å². The Morgan fingerprint density at radius 1 is 1.03 bits per heavy atom. The van der Waals surface area contributed by atoms with Crippen molar-refractivity contribution in [3.63, 3.8) is 0 Å². The highest BCUT2D eigenvalue weighted by Gasteiger charge is 2.30. The van der Waals surface area contributed by atoms with Gasteiger partial charge in [0.15, 0.2) is 10.6 Å². The molecule has 2 amide bonds. The predicted octanol–water partition coefficient (Wildman–Crippen LogP) is 4.10. The lowest BCUT2D eigenvalue weighted by atomic mass is 10.2. The first kappa shape index (κ1) is 22.8. The van der Waals surface area contributed by atoms with Gasteiger partial charge in [-0.25, -0.2) is 14.8 Å². The number of amides is 2. The number of fused-ring (bicyclic) bond motifs is 1. The molecular weight excluding hydrogens is 481 g/mol. The van der Waals surface area contributed by atoms with Gasteiger partial charge in [0, 0.05) is 49.8 Å². The third-order valence-corrected chi connectivity index (χ3v) is 6.49. The van der Waals surface area contributed by atoms with Gasteiger partial charge >= 0.3 is 12.2 Å². The first-order chi connectivity index (χ1) is 16.8. The van der Waals surface area contributed by atoms with Crippen LogP contribution in [0.1, 0.15) is 5.56 Å². The molecule has 3 aromatic heterocycles. The number of pyridine rings is 1. The third-order valence-electron chi connectivity index (χ3n) is 5.50. The highest BCUT2D eigenvalue weighted by Crippen LogP contribution is 2.34. The fraction of sp³-hybridized carbons (Fsp3) is 0.227. The van der Waals surface area contributed by atoms with E-state index < -0.39 is 11.7 Å². The number of piperazine rings is 1. The molecule has 35 heavy (non-hydrogen) atoms. The summed E-state index contributed by atoms with van der Waals surface area (Å²) in [5.74, 6) is 0.734. The Morgan fingerprint density at radius 2 is 1.77 bits per heavy atom. The number of anilines is 3. The molecule has 0 atom stereocenters. The van der Waals surface area contributed by atoms with Gasteiger partial charge in [-0.05, 0) is 36.4 Å². The number of benzene rings is 1. The monoisotopic (exact) mass is 500 g/mol. The van der Waals surface area contributed by atoms with Gasteiger partial charge in [0.1, 0.15) is 10.5 Å². The zero-order chi connectivity index (χ0) is 24.6. The van der Waals surface area contributed by atoms with E-state index in [0.29, 0.717) is 48.0 Å². The van der Waals surface area contributed by atoms with Crippen molar-refractivity contribution in [1.82, 2.24) is 24.8 Å². The van der Waals surface area contributed by atoms with Gasteiger partial charge in [-0.3, -0.25) is 4.98 Å². The number of carbonyl (C=O) groups is 1. The lowest BCUT2D eigenvalue weighted by molar-refractivity contribution is -0.137. The van der Waals surface area contributed by atoms with Crippen molar-refractivity contribution in [2.75, 3.05) is 42.1 Å². The summed E-state index contributed by atoms with van der Waals surface area (Å²) < 4.78 is 38.2. The normalized spacial score (nSPS) is 14.4. The zero-order valence-electron chi connectivity index (χ0n) is 18.2. The van der Waals surface area contributed by atoms with Crippen molar-refractivity contribution in [3.05, 3.63) is 54.4 Å². The molecular formula is C22H19F3N8OS. The average molecular weight is 501 g/mol. The number of rotatable bonds is 3. The summed E-state index contributed by atoms with van der Waals surface area (Å²) in [4.78, 5) is 34.5. The SMILES string of the molecule is Nc1nc(N2CCN(C(=O)Nc3ccc(C(F)(F)F)cc3)CC2)c2nc(-c3cccnc3)sc2n1. The molecule has 13 heteroatoms. The van der Waals surface area contributed by atoms with E-state index in [1.54, 1.807) is 17.3 Å². The molecule has 0 aliphatic carbocycles. The Labute approximate surface area is 201 Å². The summed E-state index contributed by atoms with van der Waals surface area (Å²) in [5, 5.41) is 3.40. The van der Waals surface area contributed by atoms with E-state index in [2.05, 4.69) is 20.3 Å². The van der Waals surface area contributed by atoms with Gasteiger partial charge < -0.3 is 20.9 Å². The van der Waals surface area contributed by atoms with Gasteiger partial charge in [0.05, 0.1) is 5.56 Å². The number of carbonyl (C=O) groups excluding carboxylic acids is 1. The van der Waals surface area contributed by atoms with Crippen LogP contribution in [0.5, 0.6) is 0 Å². The molecule has 5 rings (SSSR count). The maximum absolute atomic E-state index is 12.7. The number of hydrogen-bond acceptors (Lipinski definition) is 8. The largest absolute Gasteiger partial charge is 0.416 e. The van der Waals surface area contributed by atoms with Crippen LogP contribution in [0.2, 0.25) is 0 Å². The van der Waals surface area contributed by atoms with Crippen LogP contribution < -0.4 is 16.0 Å². The average Bonchev–Trinajstić information content (AvgIpc) is 3.28. The van der Waals surface area contributed by atoms with E-state index in [9.17, 15) is 18.0 Å². The van der Waals surface area contributed by atoms with Crippen molar-refractivity contribution in [1.29, 1.82) is 0 Å². The number of thiazole rings is 1. The van der Waals surface area contributed by atoms with E-state index in [0.717, 1.165) is 22.7 Å². The van der Waals surface area contributed by atoms with Crippen molar-refractivity contribution < 1.29 is 18.0 Å². The van der Waals surface area contributed by atoms with Gasteiger partial charge in [-0.15, -0.1) is 0 Å². The third kappa shape index (κ3) is 4.80. The number of nitrogens with one attached hydrogen (secondary N) is 1. The highest BCUT2D eigenvalue weighted by molar-refractivity contribution is 7.21. The second kappa shape index (κ2) is 8.98. The Hall–Kier alpha value is -4.00. The number of nitrogens with zero attached hydrogens (tertiary/aromatic N) is 6. The molecule has 4 heterocycles. The summed E-state index contributed by atoms with van der Waals surface area (Å²) in [6.45, 7) is 1.73. The standard InChI is InChI=1S/C22H19F3N8OS/c23-22(24,25)14-3-5-15(6-4-14)28-21(34)33-10-8-32(9-11-33)17-16-19(31-20(26)30-17)35-18(29-16)13-2-1-7-27-12-13/h1-7,12H,8-11H2,(H,28,34)(H2,26,30,31). The van der Waals surface area contributed by atoms with Crippen LogP contribution in [0.15, 0.2) is 48.8 Å². The molecule has 4 aromatic rings. The molecule has 3 N–H and O–H groups in total. The van der Waals surface area contributed by atoms with E-state index in [4.69, 9.17) is 10.7 Å². The van der Waals surface area contributed by atoms with Gasteiger partial charge in [0.2, 0.25) is 5.95 Å². The Balaban J connectivity index is 1.28. The lowest BCUT2D eigenvalue weighted by Gasteiger charge is -2.35. The fourth-order valence-electron chi connectivity index (χ4n) is 3.72. The number of nitrogens with two attached hydrogens (primary N) is 1. The number of alkyl halides is 3. The van der Waals surface area contributed by atoms with E-state index in [-0.39, 0.29) is 12.0 Å². The minimum atomic E-state index is -4.43. The quantitative estimate of drug-likeness (QED) is 0.435. The molecule has 0 unspecified atom stereocenters. The van der Waals surface area contributed by atoms with Crippen LogP contribution in [0.3, 0.4) is 0 Å². The van der Waals surface area contributed by atoms with Crippen molar-refractivity contribution in [2.45, 2.75) is 6.18 Å². The summed E-state index contributed by atoms with van der Waals surface area (Å²) in [7, 11) is 0. The first-order valence-corrected chi connectivity index (χ1v) is 11.4. The molecule has 0 bridgehead atoms. The number of halogens is 3. The molecule has 0 radical (unpaired) electrons. The predicted molar refractivity (Wildman–Crippen MR) is 127 cm³/mol. The zero-order valence-corrected chi connectivity index (χ0v) is 19.0. The highest BCUT2D eigenvalue weighted by atomic mass is 32.1. The first-order valence-electron chi connectivity index (χ1n) is 10.6. The van der Waals surface area contributed by atoms with Crippen molar-refractivity contribution in [2.24, 2.45) is 0 Å². The lowest BCUT2D eigenvalue weighted by Crippen LogP contribution is -2.50. The Morgan fingerprint density at radius 3 is 2.43 bits per heavy atom. The summed E-state index contributed by atoms with van der Waals surface area (Å²) >= 11 is 1.40. The molecule has 0 saturated carbocycles. The maximum atomic E-state index is 12.7. The number of hydrogen-bond donors (Lipinski definition) is 2. The van der Waals surface area contributed by atoms with Crippen LogP contribution in [0.25, 0.3) is 20.9 Å². The van der Waals surface area contributed by atoms with Crippen molar-refractivity contribution >= 4 is 45.2 Å². The second-order valence-electron chi connectivity index (χ2n) is 7.80. The molecule has 1 aliphatic rings. The molecule has 1 fully saturated rings. The molecule has 0 spiro atoms. The van der Waals surface area contributed by atoms with E-state index >= 15 is 0 Å². The summed E-state index contributed by atoms with van der Waals surface area (Å²) in [5.41, 5.74) is 6.97.